The quantitative estimate of drug-likeness (QED) is 0.676. The Bertz CT molecular complexity index is 712. The van der Waals surface area contributed by atoms with Crippen molar-refractivity contribution in [3.05, 3.63) is 70.8 Å². The summed E-state index contributed by atoms with van der Waals surface area (Å²) in [6.45, 7) is 3.25. The van der Waals surface area contributed by atoms with Gasteiger partial charge in [0.15, 0.2) is 0 Å². The van der Waals surface area contributed by atoms with Crippen molar-refractivity contribution in [3.8, 4) is 0 Å². The summed E-state index contributed by atoms with van der Waals surface area (Å²) in [6, 6.07) is 12.6. The van der Waals surface area contributed by atoms with Crippen LogP contribution in [0.2, 0.25) is 0 Å². The normalized spacial score (nSPS) is 11.4. The second-order valence-electron chi connectivity index (χ2n) is 6.06. The number of halogens is 3. The van der Waals surface area contributed by atoms with E-state index in [2.05, 4.69) is 17.6 Å². The van der Waals surface area contributed by atoms with E-state index in [4.69, 9.17) is 0 Å². The summed E-state index contributed by atoms with van der Waals surface area (Å²) in [5.41, 5.74) is 1.07. The average Bonchev–Trinajstić information content (AvgIpc) is 2.62. The van der Waals surface area contributed by atoms with Crippen molar-refractivity contribution in [2.75, 3.05) is 6.54 Å². The van der Waals surface area contributed by atoms with Gasteiger partial charge in [-0.1, -0.05) is 43.7 Å². The number of hydrogen-bond donors (Lipinski definition) is 2. The number of rotatable bonds is 8. The molecule has 6 heteroatoms. The summed E-state index contributed by atoms with van der Waals surface area (Å²) in [7, 11) is 0. The van der Waals surface area contributed by atoms with Crippen molar-refractivity contribution in [1.82, 2.24) is 10.6 Å². The fourth-order valence-corrected chi connectivity index (χ4v) is 2.55. The van der Waals surface area contributed by atoms with Crippen molar-refractivity contribution in [2.45, 2.75) is 39.0 Å². The van der Waals surface area contributed by atoms with Crippen LogP contribution in [0.4, 0.5) is 13.2 Å². The van der Waals surface area contributed by atoms with E-state index in [1.54, 1.807) is 30.3 Å². The SMILES string of the molecule is CCCCNC(=O)c1ccc(CNCc2ccccc2C(F)(F)F)cc1. The minimum Gasteiger partial charge on any atom is -0.352 e. The molecule has 0 saturated carbocycles. The van der Waals surface area contributed by atoms with Crippen molar-refractivity contribution >= 4 is 5.91 Å². The number of amides is 1. The molecule has 0 bridgehead atoms. The molecule has 2 aromatic carbocycles. The number of carbonyl (C=O) groups is 1. The highest BCUT2D eigenvalue weighted by Gasteiger charge is 2.32. The Morgan fingerprint density at radius 2 is 1.69 bits per heavy atom. The number of carbonyl (C=O) groups excluding carboxylic acids is 1. The highest BCUT2D eigenvalue weighted by Crippen LogP contribution is 2.31. The van der Waals surface area contributed by atoms with E-state index >= 15 is 0 Å². The van der Waals surface area contributed by atoms with E-state index < -0.39 is 11.7 Å². The van der Waals surface area contributed by atoms with Crippen LogP contribution < -0.4 is 10.6 Å². The molecule has 26 heavy (non-hydrogen) atoms. The topological polar surface area (TPSA) is 41.1 Å². The zero-order valence-corrected chi connectivity index (χ0v) is 14.7. The number of alkyl halides is 3. The minimum absolute atomic E-state index is 0.114. The molecule has 2 aromatic rings. The first-order valence-electron chi connectivity index (χ1n) is 8.64. The molecule has 3 nitrogen and oxygen atoms in total. The first-order valence-corrected chi connectivity index (χ1v) is 8.64. The Balaban J connectivity index is 1.88. The van der Waals surface area contributed by atoms with Gasteiger partial charge in [-0.2, -0.15) is 13.2 Å². The zero-order chi connectivity index (χ0) is 19.0. The minimum atomic E-state index is -4.36. The van der Waals surface area contributed by atoms with Gasteiger partial charge in [-0.15, -0.1) is 0 Å². The van der Waals surface area contributed by atoms with Gasteiger partial charge in [-0.05, 0) is 35.7 Å². The van der Waals surface area contributed by atoms with Crippen LogP contribution in [-0.4, -0.2) is 12.5 Å². The van der Waals surface area contributed by atoms with Gasteiger partial charge in [0.05, 0.1) is 5.56 Å². The highest BCUT2D eigenvalue weighted by molar-refractivity contribution is 5.94. The summed E-state index contributed by atoms with van der Waals surface area (Å²) in [5.74, 6) is -0.114. The van der Waals surface area contributed by atoms with Gasteiger partial charge in [-0.25, -0.2) is 0 Å². The molecular weight excluding hydrogens is 341 g/mol. The predicted molar refractivity (Wildman–Crippen MR) is 95.7 cm³/mol. The van der Waals surface area contributed by atoms with Crippen LogP contribution >= 0.6 is 0 Å². The third kappa shape index (κ3) is 5.88. The van der Waals surface area contributed by atoms with Crippen molar-refractivity contribution < 1.29 is 18.0 Å². The number of hydrogen-bond acceptors (Lipinski definition) is 2. The summed E-state index contributed by atoms with van der Waals surface area (Å²) in [6.07, 6.45) is -2.40. The Labute approximate surface area is 151 Å². The summed E-state index contributed by atoms with van der Waals surface area (Å²) < 4.78 is 38.9. The van der Waals surface area contributed by atoms with Crippen LogP contribution in [-0.2, 0) is 19.3 Å². The molecule has 1 amide bonds. The molecule has 0 aliphatic carbocycles. The molecule has 0 atom stereocenters. The van der Waals surface area contributed by atoms with Crippen LogP contribution in [0.15, 0.2) is 48.5 Å². The largest absolute Gasteiger partial charge is 0.416 e. The lowest BCUT2D eigenvalue weighted by molar-refractivity contribution is -0.138. The Hall–Kier alpha value is -2.34. The molecule has 0 aliphatic rings. The second kappa shape index (κ2) is 9.38. The molecular formula is C20H23F3N2O. The molecule has 0 heterocycles. The zero-order valence-electron chi connectivity index (χ0n) is 14.7. The van der Waals surface area contributed by atoms with Gasteiger partial charge in [-0.3, -0.25) is 4.79 Å². The molecule has 0 aliphatic heterocycles. The lowest BCUT2D eigenvalue weighted by atomic mass is 10.1. The Morgan fingerprint density at radius 1 is 1.00 bits per heavy atom. The molecule has 0 aromatic heterocycles. The molecule has 140 valence electrons. The number of unbranched alkanes of at least 4 members (excludes halogenated alkanes) is 1. The average molecular weight is 364 g/mol. The van der Waals surface area contributed by atoms with E-state index in [0.717, 1.165) is 24.5 Å². The number of nitrogens with one attached hydrogen (secondary N) is 2. The van der Waals surface area contributed by atoms with Crippen LogP contribution in [0.25, 0.3) is 0 Å². The van der Waals surface area contributed by atoms with Crippen molar-refractivity contribution in [2.24, 2.45) is 0 Å². The first-order chi connectivity index (χ1) is 12.4. The van der Waals surface area contributed by atoms with Crippen LogP contribution in [0.5, 0.6) is 0 Å². The Kier molecular flexibility index (Phi) is 7.21. The van der Waals surface area contributed by atoms with E-state index in [1.165, 1.54) is 12.1 Å². The van der Waals surface area contributed by atoms with Crippen molar-refractivity contribution in [1.29, 1.82) is 0 Å². The van der Waals surface area contributed by atoms with Gasteiger partial charge in [0.2, 0.25) is 0 Å². The lowest BCUT2D eigenvalue weighted by Crippen LogP contribution is -2.24. The predicted octanol–water partition coefficient (Wildman–Crippen LogP) is 4.53. The molecule has 0 unspecified atom stereocenters. The maximum Gasteiger partial charge on any atom is 0.416 e. The summed E-state index contributed by atoms with van der Waals surface area (Å²) >= 11 is 0. The van der Waals surface area contributed by atoms with E-state index in [9.17, 15) is 18.0 Å². The molecule has 0 spiro atoms. The Morgan fingerprint density at radius 3 is 2.35 bits per heavy atom. The fraction of sp³-hybridized carbons (Fsp3) is 0.350. The van der Waals surface area contributed by atoms with Crippen LogP contribution in [0, 0.1) is 0 Å². The molecule has 2 N–H and O–H groups in total. The first kappa shape index (κ1) is 20.0. The molecule has 2 rings (SSSR count). The van der Waals surface area contributed by atoms with Gasteiger partial charge in [0.1, 0.15) is 0 Å². The van der Waals surface area contributed by atoms with Gasteiger partial charge in [0, 0.05) is 25.2 Å². The maximum absolute atomic E-state index is 13.0. The van der Waals surface area contributed by atoms with Crippen LogP contribution in [0.1, 0.15) is 46.8 Å². The standard InChI is InChI=1S/C20H23F3N2O/c1-2-3-12-25-19(26)16-10-8-15(9-11-16)13-24-14-17-6-4-5-7-18(17)20(21,22)23/h4-11,24H,2-3,12-14H2,1H3,(H,25,26). The maximum atomic E-state index is 13.0. The molecule has 0 fully saturated rings. The number of benzene rings is 2. The smallest absolute Gasteiger partial charge is 0.352 e. The van der Waals surface area contributed by atoms with Gasteiger partial charge < -0.3 is 10.6 Å². The third-order valence-electron chi connectivity index (χ3n) is 4.00. The highest BCUT2D eigenvalue weighted by atomic mass is 19.4. The summed E-state index contributed by atoms with van der Waals surface area (Å²) in [4.78, 5) is 11.9. The van der Waals surface area contributed by atoms with Crippen molar-refractivity contribution in [3.63, 3.8) is 0 Å². The van der Waals surface area contributed by atoms with Gasteiger partial charge >= 0.3 is 6.18 Å². The second-order valence-corrected chi connectivity index (χ2v) is 6.06. The van der Waals surface area contributed by atoms with Gasteiger partial charge in [0.25, 0.3) is 5.91 Å². The lowest BCUT2D eigenvalue weighted by Gasteiger charge is -2.13. The molecule has 0 radical (unpaired) electrons. The van der Waals surface area contributed by atoms with E-state index in [1.807, 2.05) is 0 Å². The summed E-state index contributed by atoms with van der Waals surface area (Å²) in [5, 5.41) is 5.86. The van der Waals surface area contributed by atoms with E-state index in [0.29, 0.717) is 18.7 Å². The van der Waals surface area contributed by atoms with Crippen LogP contribution in [0.3, 0.4) is 0 Å². The third-order valence-corrected chi connectivity index (χ3v) is 4.00. The fourth-order valence-electron chi connectivity index (χ4n) is 2.55. The molecule has 0 saturated heterocycles. The monoisotopic (exact) mass is 364 g/mol. The van der Waals surface area contributed by atoms with E-state index in [-0.39, 0.29) is 18.0 Å².